The van der Waals surface area contributed by atoms with Crippen LogP contribution < -0.4 is 5.32 Å². The minimum Gasteiger partial charge on any atom is -0.348 e. The second kappa shape index (κ2) is 6.28. The third-order valence-corrected chi connectivity index (χ3v) is 3.67. The molecule has 1 aliphatic heterocycles. The number of fused-ring (bicyclic) bond motifs is 1. The first kappa shape index (κ1) is 15.5. The summed E-state index contributed by atoms with van der Waals surface area (Å²) in [6, 6.07) is -0.00492. The summed E-state index contributed by atoms with van der Waals surface area (Å²) in [4.78, 5) is 30.4. The van der Waals surface area contributed by atoms with Crippen LogP contribution in [0, 0.1) is 0 Å². The second-order valence-corrected chi connectivity index (χ2v) is 5.82. The van der Waals surface area contributed by atoms with E-state index in [-0.39, 0.29) is 23.9 Å². The van der Waals surface area contributed by atoms with Gasteiger partial charge in [0.2, 0.25) is 5.91 Å². The van der Waals surface area contributed by atoms with Gasteiger partial charge in [-0.15, -0.1) is 0 Å². The van der Waals surface area contributed by atoms with E-state index >= 15 is 0 Å². The van der Waals surface area contributed by atoms with Gasteiger partial charge in [-0.1, -0.05) is 6.92 Å². The standard InChI is InChI=1S/C15H24N4O2/c1-5-6-13(20)19-8-7-18-9-12(15(21)16-10(2)3)17-14(18)11(19)4/h9-11H,5-8H2,1-4H3,(H,16,21)/t11-/m0/s1. The molecule has 116 valence electrons. The molecule has 0 saturated heterocycles. The third kappa shape index (κ3) is 3.25. The monoisotopic (exact) mass is 292 g/mol. The van der Waals surface area contributed by atoms with Crippen molar-refractivity contribution in [1.82, 2.24) is 19.8 Å². The summed E-state index contributed by atoms with van der Waals surface area (Å²) in [6.45, 7) is 9.17. The van der Waals surface area contributed by atoms with Crippen LogP contribution in [0.1, 0.15) is 62.9 Å². The summed E-state index contributed by atoms with van der Waals surface area (Å²) < 4.78 is 1.98. The molecule has 0 fully saturated rings. The second-order valence-electron chi connectivity index (χ2n) is 5.82. The van der Waals surface area contributed by atoms with Gasteiger partial charge in [0.05, 0.1) is 6.04 Å². The minimum atomic E-state index is -0.162. The molecule has 0 aromatic carbocycles. The molecule has 1 aromatic rings. The first-order valence-electron chi connectivity index (χ1n) is 7.61. The number of imidazole rings is 1. The van der Waals surface area contributed by atoms with Crippen molar-refractivity contribution in [1.29, 1.82) is 0 Å². The summed E-state index contributed by atoms with van der Waals surface area (Å²) >= 11 is 0. The van der Waals surface area contributed by atoms with Crippen molar-refractivity contribution >= 4 is 11.8 Å². The molecule has 0 radical (unpaired) electrons. The van der Waals surface area contributed by atoms with Gasteiger partial charge in [-0.2, -0.15) is 0 Å². The van der Waals surface area contributed by atoms with Crippen LogP contribution in [0.4, 0.5) is 0 Å². The number of nitrogens with one attached hydrogen (secondary N) is 1. The number of hydrogen-bond donors (Lipinski definition) is 1. The molecule has 6 nitrogen and oxygen atoms in total. The van der Waals surface area contributed by atoms with E-state index in [1.165, 1.54) is 0 Å². The van der Waals surface area contributed by atoms with Crippen LogP contribution in [0.2, 0.25) is 0 Å². The molecule has 0 aliphatic carbocycles. The van der Waals surface area contributed by atoms with Gasteiger partial charge in [-0.25, -0.2) is 4.98 Å². The van der Waals surface area contributed by atoms with E-state index in [1.807, 2.05) is 37.2 Å². The van der Waals surface area contributed by atoms with Gasteiger partial charge in [-0.3, -0.25) is 9.59 Å². The van der Waals surface area contributed by atoms with Crippen molar-refractivity contribution in [3.63, 3.8) is 0 Å². The van der Waals surface area contributed by atoms with Crippen LogP contribution in [0.15, 0.2) is 6.20 Å². The predicted octanol–water partition coefficient (Wildman–Crippen LogP) is 1.72. The average Bonchev–Trinajstić information content (AvgIpc) is 2.83. The van der Waals surface area contributed by atoms with Gasteiger partial charge in [0, 0.05) is 31.7 Å². The van der Waals surface area contributed by atoms with Gasteiger partial charge in [-0.05, 0) is 27.2 Å². The van der Waals surface area contributed by atoms with Crippen LogP contribution in [0.3, 0.4) is 0 Å². The summed E-state index contributed by atoms with van der Waals surface area (Å²) in [6.07, 6.45) is 3.19. The maximum absolute atomic E-state index is 12.1. The fourth-order valence-electron chi connectivity index (χ4n) is 2.63. The highest BCUT2D eigenvalue weighted by Crippen LogP contribution is 2.25. The zero-order valence-corrected chi connectivity index (χ0v) is 13.2. The molecule has 1 aromatic heterocycles. The summed E-state index contributed by atoms with van der Waals surface area (Å²) in [5.41, 5.74) is 0.426. The molecular formula is C15H24N4O2. The summed E-state index contributed by atoms with van der Waals surface area (Å²) in [5, 5.41) is 2.84. The highest BCUT2D eigenvalue weighted by molar-refractivity contribution is 5.92. The number of aromatic nitrogens is 2. The Morgan fingerprint density at radius 2 is 2.14 bits per heavy atom. The Morgan fingerprint density at radius 1 is 1.43 bits per heavy atom. The normalized spacial score (nSPS) is 17.8. The Bertz CT molecular complexity index is 536. The lowest BCUT2D eigenvalue weighted by atomic mass is 10.2. The number of carbonyl (C=O) groups excluding carboxylic acids is 2. The van der Waals surface area contributed by atoms with Gasteiger partial charge in [0.15, 0.2) is 0 Å². The van der Waals surface area contributed by atoms with Crippen LogP contribution in [-0.2, 0) is 11.3 Å². The third-order valence-electron chi connectivity index (χ3n) is 3.67. The van der Waals surface area contributed by atoms with E-state index < -0.39 is 0 Å². The Balaban J connectivity index is 2.18. The SMILES string of the molecule is CCCC(=O)N1CCn2cc(C(=O)NC(C)C)nc2[C@@H]1C. The Kier molecular flexibility index (Phi) is 4.65. The molecule has 21 heavy (non-hydrogen) atoms. The quantitative estimate of drug-likeness (QED) is 0.919. The molecule has 2 heterocycles. The zero-order chi connectivity index (χ0) is 15.6. The molecule has 1 aliphatic rings. The zero-order valence-electron chi connectivity index (χ0n) is 13.2. The predicted molar refractivity (Wildman–Crippen MR) is 79.9 cm³/mol. The molecule has 6 heteroatoms. The molecule has 0 unspecified atom stereocenters. The van der Waals surface area contributed by atoms with E-state index in [2.05, 4.69) is 10.3 Å². The molecule has 1 N–H and O–H groups in total. The van der Waals surface area contributed by atoms with Gasteiger partial charge < -0.3 is 14.8 Å². The number of hydrogen-bond acceptors (Lipinski definition) is 3. The first-order chi connectivity index (χ1) is 9.93. The molecule has 0 bridgehead atoms. The summed E-state index contributed by atoms with van der Waals surface area (Å²) in [5.74, 6) is 0.789. The maximum Gasteiger partial charge on any atom is 0.271 e. The van der Waals surface area contributed by atoms with Gasteiger partial charge in [0.25, 0.3) is 5.91 Å². The fraction of sp³-hybridized carbons (Fsp3) is 0.667. The van der Waals surface area contributed by atoms with Crippen molar-refractivity contribution in [2.45, 2.75) is 59.2 Å². The molecule has 1 atom stereocenters. The lowest BCUT2D eigenvalue weighted by Crippen LogP contribution is -2.40. The molecule has 2 rings (SSSR count). The van der Waals surface area contributed by atoms with Gasteiger partial charge in [0.1, 0.15) is 11.5 Å². The Morgan fingerprint density at radius 3 is 2.76 bits per heavy atom. The molecule has 2 amide bonds. The largest absolute Gasteiger partial charge is 0.348 e. The number of amides is 2. The van der Waals surface area contributed by atoms with E-state index in [0.717, 1.165) is 12.2 Å². The molecule has 0 saturated carbocycles. The fourth-order valence-corrected chi connectivity index (χ4v) is 2.63. The molecule has 0 spiro atoms. The van der Waals surface area contributed by atoms with Crippen LogP contribution in [0.25, 0.3) is 0 Å². The lowest BCUT2D eigenvalue weighted by molar-refractivity contribution is -0.134. The van der Waals surface area contributed by atoms with Crippen LogP contribution in [0.5, 0.6) is 0 Å². The van der Waals surface area contributed by atoms with Crippen molar-refractivity contribution < 1.29 is 9.59 Å². The van der Waals surface area contributed by atoms with E-state index in [4.69, 9.17) is 0 Å². The highest BCUT2D eigenvalue weighted by atomic mass is 16.2. The first-order valence-corrected chi connectivity index (χ1v) is 7.61. The summed E-state index contributed by atoms with van der Waals surface area (Å²) in [7, 11) is 0. The highest BCUT2D eigenvalue weighted by Gasteiger charge is 2.30. The average molecular weight is 292 g/mol. The van der Waals surface area contributed by atoms with E-state index in [9.17, 15) is 9.59 Å². The Hall–Kier alpha value is -1.85. The van der Waals surface area contributed by atoms with E-state index in [0.29, 0.717) is 25.2 Å². The topological polar surface area (TPSA) is 67.2 Å². The van der Waals surface area contributed by atoms with Crippen LogP contribution >= 0.6 is 0 Å². The van der Waals surface area contributed by atoms with Crippen LogP contribution in [-0.4, -0.2) is 38.9 Å². The number of carbonyl (C=O) groups is 2. The van der Waals surface area contributed by atoms with E-state index in [1.54, 1.807) is 6.20 Å². The minimum absolute atomic E-state index is 0.0799. The van der Waals surface area contributed by atoms with Crippen molar-refractivity contribution in [3.05, 3.63) is 17.7 Å². The number of rotatable bonds is 4. The molecular weight excluding hydrogens is 268 g/mol. The van der Waals surface area contributed by atoms with Crippen molar-refractivity contribution in [2.75, 3.05) is 6.54 Å². The Labute approximate surface area is 125 Å². The maximum atomic E-state index is 12.1. The number of nitrogens with zero attached hydrogens (tertiary/aromatic N) is 3. The smallest absolute Gasteiger partial charge is 0.271 e. The van der Waals surface area contributed by atoms with Crippen molar-refractivity contribution in [3.8, 4) is 0 Å². The van der Waals surface area contributed by atoms with Gasteiger partial charge >= 0.3 is 0 Å². The van der Waals surface area contributed by atoms with Crippen molar-refractivity contribution in [2.24, 2.45) is 0 Å². The lowest BCUT2D eigenvalue weighted by Gasteiger charge is -2.33.